The normalized spacial score (nSPS) is 26.7. The van der Waals surface area contributed by atoms with Crippen LogP contribution in [-0.4, -0.2) is 41.5 Å². The van der Waals surface area contributed by atoms with Crippen molar-refractivity contribution in [3.8, 4) is 0 Å². The van der Waals surface area contributed by atoms with E-state index in [0.717, 1.165) is 12.1 Å². The van der Waals surface area contributed by atoms with Crippen molar-refractivity contribution >= 4 is 11.9 Å². The molecule has 6 heteroatoms. The van der Waals surface area contributed by atoms with Gasteiger partial charge >= 0.3 is 5.97 Å². The first-order valence-corrected chi connectivity index (χ1v) is 8.74. The summed E-state index contributed by atoms with van der Waals surface area (Å²) in [6.07, 6.45) is 1.01. The maximum Gasteiger partial charge on any atom is 0.314 e. The van der Waals surface area contributed by atoms with Crippen molar-refractivity contribution in [3.05, 3.63) is 34.2 Å². The molecule has 2 aliphatic rings. The average molecular weight is 346 g/mol. The monoisotopic (exact) mass is 346 g/mol. The molecule has 0 N–H and O–H groups in total. The van der Waals surface area contributed by atoms with Gasteiger partial charge in [0, 0.05) is 37.8 Å². The molecule has 1 amide bonds. The van der Waals surface area contributed by atoms with Crippen molar-refractivity contribution in [2.45, 2.75) is 40.2 Å². The van der Waals surface area contributed by atoms with E-state index in [1.807, 2.05) is 13.0 Å². The number of carbonyl (C=O) groups is 2. The highest BCUT2D eigenvalue weighted by Crippen LogP contribution is 2.63. The van der Waals surface area contributed by atoms with E-state index in [1.165, 1.54) is 13.2 Å². The quantitative estimate of drug-likeness (QED) is 0.777. The molecule has 0 radical (unpaired) electrons. The third-order valence-corrected chi connectivity index (χ3v) is 6.02. The second kappa shape index (κ2) is 6.00. The number of pyridine rings is 1. The maximum atomic E-state index is 12.7. The molecule has 3 rings (SSSR count). The Morgan fingerprint density at radius 1 is 1.32 bits per heavy atom. The number of hydrogen-bond acceptors (Lipinski definition) is 4. The number of nitrogens with zero attached hydrogens (tertiary/aromatic N) is 2. The van der Waals surface area contributed by atoms with Gasteiger partial charge in [-0.05, 0) is 30.7 Å². The zero-order valence-corrected chi connectivity index (χ0v) is 15.4. The Labute approximate surface area is 147 Å². The van der Waals surface area contributed by atoms with Gasteiger partial charge in [0.15, 0.2) is 0 Å². The molecule has 1 saturated heterocycles. The van der Waals surface area contributed by atoms with Crippen molar-refractivity contribution in [1.82, 2.24) is 9.47 Å². The molecule has 1 aromatic rings. The summed E-state index contributed by atoms with van der Waals surface area (Å²) in [6.45, 7) is 7.51. The topological polar surface area (TPSA) is 68.6 Å². The van der Waals surface area contributed by atoms with Crippen molar-refractivity contribution in [2.24, 2.45) is 16.7 Å². The van der Waals surface area contributed by atoms with Gasteiger partial charge < -0.3 is 14.2 Å². The maximum absolute atomic E-state index is 12.7. The highest BCUT2D eigenvalue weighted by atomic mass is 16.5. The largest absolute Gasteiger partial charge is 0.469 e. The van der Waals surface area contributed by atoms with Crippen LogP contribution in [0.5, 0.6) is 0 Å². The second-order valence-electron chi connectivity index (χ2n) is 8.05. The van der Waals surface area contributed by atoms with E-state index in [2.05, 4.69) is 13.8 Å². The van der Waals surface area contributed by atoms with Crippen LogP contribution >= 0.6 is 0 Å². The molecule has 1 aromatic heterocycles. The van der Waals surface area contributed by atoms with Crippen LogP contribution in [0.3, 0.4) is 0 Å². The van der Waals surface area contributed by atoms with Gasteiger partial charge in [-0.1, -0.05) is 19.9 Å². The third-order valence-electron chi connectivity index (χ3n) is 6.02. The van der Waals surface area contributed by atoms with Crippen LogP contribution in [0.15, 0.2) is 23.0 Å². The first-order valence-electron chi connectivity index (χ1n) is 8.74. The fraction of sp³-hybridized carbons (Fsp3) is 0.632. The predicted molar refractivity (Wildman–Crippen MR) is 93.0 cm³/mol. The van der Waals surface area contributed by atoms with E-state index in [4.69, 9.17) is 4.74 Å². The van der Waals surface area contributed by atoms with Crippen molar-refractivity contribution in [2.75, 3.05) is 20.2 Å². The molecule has 0 spiro atoms. The van der Waals surface area contributed by atoms with Crippen LogP contribution in [0.1, 0.15) is 32.4 Å². The molecule has 25 heavy (non-hydrogen) atoms. The summed E-state index contributed by atoms with van der Waals surface area (Å²) in [5.41, 5.74) is 0.235. The average Bonchev–Trinajstić information content (AvgIpc) is 2.89. The lowest BCUT2D eigenvalue weighted by Gasteiger charge is -2.54. The van der Waals surface area contributed by atoms with Gasteiger partial charge in [-0.3, -0.25) is 14.4 Å². The van der Waals surface area contributed by atoms with Gasteiger partial charge in [-0.2, -0.15) is 0 Å². The van der Waals surface area contributed by atoms with E-state index < -0.39 is 5.41 Å². The Morgan fingerprint density at radius 2 is 2.04 bits per heavy atom. The Bertz CT molecular complexity index is 767. The second-order valence-corrected chi connectivity index (χ2v) is 8.05. The molecule has 1 aliphatic heterocycles. The lowest BCUT2D eigenvalue weighted by atomic mass is 9.48. The van der Waals surface area contributed by atoms with Crippen LogP contribution in [-0.2, 0) is 20.9 Å². The molecule has 1 saturated carbocycles. The molecule has 0 bridgehead atoms. The van der Waals surface area contributed by atoms with Crippen LogP contribution in [0.2, 0.25) is 0 Å². The van der Waals surface area contributed by atoms with Gasteiger partial charge in [0.25, 0.3) is 5.56 Å². The number of ether oxygens (including phenoxy) is 1. The molecule has 0 unspecified atom stereocenters. The van der Waals surface area contributed by atoms with Gasteiger partial charge in [-0.15, -0.1) is 0 Å². The van der Waals surface area contributed by atoms with E-state index >= 15 is 0 Å². The predicted octanol–water partition coefficient (Wildman–Crippen LogP) is 1.59. The van der Waals surface area contributed by atoms with E-state index in [1.54, 1.807) is 15.5 Å². The highest BCUT2D eigenvalue weighted by Gasteiger charge is 2.67. The highest BCUT2D eigenvalue weighted by molar-refractivity contribution is 5.83. The molecular formula is C19H26N2O4. The SMILES string of the molecule is COC(=O)[C@@]12CN(C(=O)CCn3c(C)cccc3=O)C[C@@H]1C(C)(C)C2. The fourth-order valence-corrected chi connectivity index (χ4v) is 4.84. The molecule has 2 fully saturated rings. The van der Waals surface area contributed by atoms with E-state index in [0.29, 0.717) is 19.6 Å². The Hall–Kier alpha value is -2.11. The number of amides is 1. The summed E-state index contributed by atoms with van der Waals surface area (Å²) in [6, 6.07) is 5.08. The fourth-order valence-electron chi connectivity index (χ4n) is 4.84. The minimum absolute atomic E-state index is 0.0105. The van der Waals surface area contributed by atoms with Crippen LogP contribution < -0.4 is 5.56 Å². The number of esters is 1. The molecule has 1 aliphatic carbocycles. The number of hydrogen-bond donors (Lipinski definition) is 0. The molecule has 2 atom stereocenters. The number of rotatable bonds is 4. The summed E-state index contributed by atoms with van der Waals surface area (Å²) in [7, 11) is 1.41. The van der Waals surface area contributed by atoms with Crippen molar-refractivity contribution < 1.29 is 14.3 Å². The molecular weight excluding hydrogens is 320 g/mol. The van der Waals surface area contributed by atoms with Crippen LogP contribution in [0.4, 0.5) is 0 Å². The summed E-state index contributed by atoms with van der Waals surface area (Å²) >= 11 is 0. The lowest BCUT2D eigenvalue weighted by molar-refractivity contribution is -0.174. The molecule has 6 nitrogen and oxygen atoms in total. The smallest absolute Gasteiger partial charge is 0.314 e. The lowest BCUT2D eigenvalue weighted by Crippen LogP contribution is -2.57. The zero-order valence-electron chi connectivity index (χ0n) is 15.4. The van der Waals surface area contributed by atoms with Gasteiger partial charge in [0.05, 0.1) is 12.5 Å². The van der Waals surface area contributed by atoms with E-state index in [-0.39, 0.29) is 35.2 Å². The number of methoxy groups -OCH3 is 1. The van der Waals surface area contributed by atoms with Crippen LogP contribution in [0, 0.1) is 23.7 Å². The number of fused-ring (bicyclic) bond motifs is 1. The van der Waals surface area contributed by atoms with Gasteiger partial charge in [0.2, 0.25) is 5.91 Å². The number of aromatic nitrogens is 1. The third kappa shape index (κ3) is 2.77. The van der Waals surface area contributed by atoms with E-state index in [9.17, 15) is 14.4 Å². The summed E-state index contributed by atoms with van der Waals surface area (Å²) < 4.78 is 6.63. The number of aryl methyl sites for hydroxylation is 1. The summed E-state index contributed by atoms with van der Waals surface area (Å²) in [5.74, 6) is -0.0801. The Kier molecular flexibility index (Phi) is 4.25. The Morgan fingerprint density at radius 3 is 2.64 bits per heavy atom. The zero-order chi connectivity index (χ0) is 18.4. The van der Waals surface area contributed by atoms with Crippen LogP contribution in [0.25, 0.3) is 0 Å². The first kappa shape index (κ1) is 17.7. The van der Waals surface area contributed by atoms with Gasteiger partial charge in [0.1, 0.15) is 0 Å². The number of carbonyl (C=O) groups excluding carboxylic acids is 2. The molecule has 0 aromatic carbocycles. The summed E-state index contributed by atoms with van der Waals surface area (Å²) in [4.78, 5) is 38.7. The Balaban J connectivity index is 1.70. The number of likely N-dealkylation sites (tertiary alicyclic amines) is 1. The molecule has 2 heterocycles. The first-order chi connectivity index (χ1) is 11.7. The summed E-state index contributed by atoms with van der Waals surface area (Å²) in [5, 5.41) is 0. The van der Waals surface area contributed by atoms with Crippen molar-refractivity contribution in [1.29, 1.82) is 0 Å². The molecule has 136 valence electrons. The van der Waals surface area contributed by atoms with Crippen molar-refractivity contribution in [3.63, 3.8) is 0 Å². The standard InChI is InChI=1S/C19H26N2O4/c1-13-6-5-7-16(23)21(13)9-8-15(22)20-10-14-18(2,3)11-19(14,12-20)17(24)25-4/h5-7,14H,8-12H2,1-4H3/t14-,19+/m1/s1. The minimum Gasteiger partial charge on any atom is -0.469 e. The minimum atomic E-state index is -0.548. The van der Waals surface area contributed by atoms with Gasteiger partial charge in [-0.25, -0.2) is 0 Å².